The Balaban J connectivity index is 2.95. The van der Waals surface area contributed by atoms with Gasteiger partial charge in [-0.3, -0.25) is 5.32 Å². The molecule has 1 aromatic rings. The quantitative estimate of drug-likeness (QED) is 0.780. The average Bonchev–Trinajstić information content (AvgIpc) is 2.26. The Labute approximate surface area is 83.6 Å². The van der Waals surface area contributed by atoms with Gasteiger partial charge in [-0.05, 0) is 24.2 Å². The zero-order valence-corrected chi connectivity index (χ0v) is 7.99. The van der Waals surface area contributed by atoms with Gasteiger partial charge in [0.05, 0.1) is 17.7 Å². The molecule has 70 valence electrons. The average molecular weight is 185 g/mol. The lowest BCUT2D eigenvalue weighted by molar-refractivity contribution is 0.658. The van der Waals surface area contributed by atoms with E-state index in [0.29, 0.717) is 5.56 Å². The molecule has 0 bridgehead atoms. The lowest BCUT2D eigenvalue weighted by Gasteiger charge is -2.09. The van der Waals surface area contributed by atoms with Crippen LogP contribution in [-0.4, -0.2) is 6.54 Å². The summed E-state index contributed by atoms with van der Waals surface area (Å²) in [6.45, 7) is 2.67. The maximum absolute atomic E-state index is 8.88. The summed E-state index contributed by atoms with van der Waals surface area (Å²) in [6, 6.07) is 11.0. The summed E-state index contributed by atoms with van der Waals surface area (Å²) in [4.78, 5) is 0. The first kappa shape index (κ1) is 10.2. The van der Waals surface area contributed by atoms with Crippen molar-refractivity contribution in [3.8, 4) is 12.1 Å². The van der Waals surface area contributed by atoms with Gasteiger partial charge in [0.15, 0.2) is 0 Å². The molecule has 3 nitrogen and oxygen atoms in total. The molecule has 14 heavy (non-hydrogen) atoms. The Kier molecular flexibility index (Phi) is 3.67. The predicted molar refractivity (Wildman–Crippen MR) is 53.2 cm³/mol. The molecule has 3 heteroatoms. The highest BCUT2D eigenvalue weighted by Crippen LogP contribution is 2.13. The van der Waals surface area contributed by atoms with Crippen molar-refractivity contribution in [2.45, 2.75) is 13.0 Å². The fourth-order valence-electron chi connectivity index (χ4n) is 1.23. The summed E-state index contributed by atoms with van der Waals surface area (Å²) >= 11 is 0. The maximum atomic E-state index is 8.88. The minimum Gasteiger partial charge on any atom is -0.298 e. The molecule has 1 rings (SSSR count). The van der Waals surface area contributed by atoms with Gasteiger partial charge in [0.1, 0.15) is 6.04 Å². The lowest BCUT2D eigenvalue weighted by Crippen LogP contribution is -2.19. The second-order valence-corrected chi connectivity index (χ2v) is 2.86. The number of nitrogens with one attached hydrogen (secondary N) is 1. The zero-order chi connectivity index (χ0) is 10.4. The topological polar surface area (TPSA) is 59.6 Å². The van der Waals surface area contributed by atoms with Crippen LogP contribution in [0.15, 0.2) is 24.3 Å². The van der Waals surface area contributed by atoms with Crippen LogP contribution < -0.4 is 5.32 Å². The largest absolute Gasteiger partial charge is 0.298 e. The third-order valence-corrected chi connectivity index (χ3v) is 1.89. The van der Waals surface area contributed by atoms with Crippen LogP contribution in [0.4, 0.5) is 0 Å². The van der Waals surface area contributed by atoms with E-state index in [1.54, 1.807) is 18.2 Å². The van der Waals surface area contributed by atoms with Gasteiger partial charge in [-0.25, -0.2) is 0 Å². The standard InChI is InChI=1S/C11H11N3/c1-2-14-11(8-13)10-5-3-4-9(6-10)7-12/h3-6,11,14H,2H2,1H3. The summed E-state index contributed by atoms with van der Waals surface area (Å²) in [5, 5.41) is 20.6. The molecule has 1 atom stereocenters. The van der Waals surface area contributed by atoms with Gasteiger partial charge in [-0.2, -0.15) is 10.5 Å². The van der Waals surface area contributed by atoms with Crippen molar-refractivity contribution in [3.05, 3.63) is 35.4 Å². The third kappa shape index (κ3) is 2.32. The van der Waals surface area contributed by atoms with Crippen LogP contribution in [-0.2, 0) is 0 Å². The number of hydrogen-bond acceptors (Lipinski definition) is 3. The molecule has 0 spiro atoms. The number of benzene rings is 1. The van der Waals surface area contributed by atoms with E-state index in [2.05, 4.69) is 17.5 Å². The molecule has 0 aliphatic carbocycles. The van der Waals surface area contributed by atoms with E-state index in [9.17, 15) is 0 Å². The molecule has 1 unspecified atom stereocenters. The molecule has 0 fully saturated rings. The first-order chi connectivity index (χ1) is 6.81. The first-order valence-electron chi connectivity index (χ1n) is 4.45. The van der Waals surface area contributed by atoms with Crippen LogP contribution >= 0.6 is 0 Å². The molecule has 1 N–H and O–H groups in total. The first-order valence-corrected chi connectivity index (χ1v) is 4.45. The van der Waals surface area contributed by atoms with Crippen molar-refractivity contribution in [2.75, 3.05) is 6.54 Å². The van der Waals surface area contributed by atoms with Gasteiger partial charge < -0.3 is 0 Å². The second-order valence-electron chi connectivity index (χ2n) is 2.86. The molecule has 0 aromatic heterocycles. The van der Waals surface area contributed by atoms with Crippen molar-refractivity contribution in [3.63, 3.8) is 0 Å². The van der Waals surface area contributed by atoms with E-state index in [1.165, 1.54) is 0 Å². The highest BCUT2D eigenvalue weighted by molar-refractivity contribution is 5.35. The molecule has 1 aromatic carbocycles. The Morgan fingerprint density at radius 2 is 2.21 bits per heavy atom. The van der Waals surface area contributed by atoms with Crippen molar-refractivity contribution >= 4 is 0 Å². The normalized spacial score (nSPS) is 11.4. The number of nitrogens with zero attached hydrogens (tertiary/aromatic N) is 2. The van der Waals surface area contributed by atoms with Crippen molar-refractivity contribution < 1.29 is 0 Å². The van der Waals surface area contributed by atoms with Crippen molar-refractivity contribution in [1.82, 2.24) is 5.32 Å². The summed E-state index contributed by atoms with van der Waals surface area (Å²) in [5.74, 6) is 0. The van der Waals surface area contributed by atoms with Crippen LogP contribution in [0.25, 0.3) is 0 Å². The fraction of sp³-hybridized carbons (Fsp3) is 0.273. The zero-order valence-electron chi connectivity index (χ0n) is 7.99. The minimum absolute atomic E-state index is 0.326. The maximum Gasteiger partial charge on any atom is 0.121 e. The van der Waals surface area contributed by atoms with Gasteiger partial charge in [0, 0.05) is 0 Å². The predicted octanol–water partition coefficient (Wildman–Crippen LogP) is 1.73. The SMILES string of the molecule is CCNC(C#N)c1cccc(C#N)c1. The Hall–Kier alpha value is -1.84. The van der Waals surface area contributed by atoms with Gasteiger partial charge in [-0.1, -0.05) is 19.1 Å². The van der Waals surface area contributed by atoms with Crippen LogP contribution in [0, 0.1) is 22.7 Å². The van der Waals surface area contributed by atoms with Gasteiger partial charge in [0.25, 0.3) is 0 Å². The lowest BCUT2D eigenvalue weighted by atomic mass is 10.1. The molecule has 0 aliphatic heterocycles. The minimum atomic E-state index is -0.326. The molecule has 0 saturated carbocycles. The smallest absolute Gasteiger partial charge is 0.121 e. The summed E-state index contributed by atoms with van der Waals surface area (Å²) in [5.41, 5.74) is 1.43. The summed E-state index contributed by atoms with van der Waals surface area (Å²) in [7, 11) is 0. The highest BCUT2D eigenvalue weighted by Gasteiger charge is 2.08. The van der Waals surface area contributed by atoms with Gasteiger partial charge >= 0.3 is 0 Å². The van der Waals surface area contributed by atoms with Crippen LogP contribution in [0.1, 0.15) is 24.1 Å². The highest BCUT2D eigenvalue weighted by atomic mass is 14.9. The number of nitriles is 2. The van der Waals surface area contributed by atoms with Crippen molar-refractivity contribution in [2.24, 2.45) is 0 Å². The van der Waals surface area contributed by atoms with E-state index in [0.717, 1.165) is 12.1 Å². The molecule has 0 amide bonds. The van der Waals surface area contributed by atoms with Gasteiger partial charge in [-0.15, -0.1) is 0 Å². The molecule has 0 saturated heterocycles. The fourth-order valence-corrected chi connectivity index (χ4v) is 1.23. The molecule has 0 heterocycles. The van der Waals surface area contributed by atoms with Crippen LogP contribution in [0.2, 0.25) is 0 Å². The molecular formula is C11H11N3. The molecule has 0 radical (unpaired) electrons. The summed E-state index contributed by atoms with van der Waals surface area (Å²) in [6.07, 6.45) is 0. The summed E-state index contributed by atoms with van der Waals surface area (Å²) < 4.78 is 0. The van der Waals surface area contributed by atoms with E-state index in [1.807, 2.05) is 13.0 Å². The molecular weight excluding hydrogens is 174 g/mol. The van der Waals surface area contributed by atoms with E-state index >= 15 is 0 Å². The number of hydrogen-bond donors (Lipinski definition) is 1. The molecule has 0 aliphatic rings. The monoisotopic (exact) mass is 185 g/mol. The third-order valence-electron chi connectivity index (χ3n) is 1.89. The Bertz CT molecular complexity index is 384. The second kappa shape index (κ2) is 5.01. The Morgan fingerprint density at radius 1 is 1.43 bits per heavy atom. The van der Waals surface area contributed by atoms with E-state index in [4.69, 9.17) is 10.5 Å². The van der Waals surface area contributed by atoms with Crippen LogP contribution in [0.3, 0.4) is 0 Å². The van der Waals surface area contributed by atoms with Gasteiger partial charge in [0.2, 0.25) is 0 Å². The van der Waals surface area contributed by atoms with Crippen molar-refractivity contribution in [1.29, 1.82) is 10.5 Å². The number of rotatable bonds is 3. The Morgan fingerprint density at radius 3 is 2.79 bits per heavy atom. The van der Waals surface area contributed by atoms with E-state index < -0.39 is 0 Å². The van der Waals surface area contributed by atoms with E-state index in [-0.39, 0.29) is 6.04 Å². The van der Waals surface area contributed by atoms with Crippen LogP contribution in [0.5, 0.6) is 0 Å².